The molecule has 1 aliphatic rings. The van der Waals surface area contributed by atoms with Crippen LogP contribution in [0, 0.1) is 5.82 Å². The number of halogens is 1. The lowest BCUT2D eigenvalue weighted by Crippen LogP contribution is -2.42. The molecule has 0 amide bonds. The van der Waals surface area contributed by atoms with E-state index >= 15 is 0 Å². The fourth-order valence-electron chi connectivity index (χ4n) is 3.28. The molecule has 4 nitrogen and oxygen atoms in total. The molecule has 0 spiro atoms. The highest BCUT2D eigenvalue weighted by Crippen LogP contribution is 2.43. The molecule has 5 heteroatoms. The van der Waals surface area contributed by atoms with E-state index in [0.717, 1.165) is 30.8 Å². The van der Waals surface area contributed by atoms with E-state index in [1.165, 1.54) is 6.07 Å². The molecule has 0 unspecified atom stereocenters. The summed E-state index contributed by atoms with van der Waals surface area (Å²) in [5, 5.41) is 7.91. The Labute approximate surface area is 140 Å². The average Bonchev–Trinajstić information content (AvgIpc) is 3.05. The van der Waals surface area contributed by atoms with Crippen molar-refractivity contribution in [3.63, 3.8) is 0 Å². The molecule has 1 aliphatic carbocycles. The Morgan fingerprint density at radius 3 is 2.62 bits per heavy atom. The van der Waals surface area contributed by atoms with Crippen molar-refractivity contribution in [2.75, 3.05) is 11.9 Å². The van der Waals surface area contributed by atoms with Gasteiger partial charge in [0.25, 0.3) is 0 Å². The molecule has 122 valence electrons. The van der Waals surface area contributed by atoms with Gasteiger partial charge in [0.1, 0.15) is 11.6 Å². The number of aromatic nitrogens is 3. The largest absolute Gasteiger partial charge is 0.368 e. The van der Waals surface area contributed by atoms with Crippen molar-refractivity contribution in [2.24, 2.45) is 0 Å². The van der Waals surface area contributed by atoms with Gasteiger partial charge in [-0.05, 0) is 37.1 Å². The Balaban J connectivity index is 1.50. The van der Waals surface area contributed by atoms with Crippen LogP contribution in [-0.2, 0) is 5.41 Å². The molecule has 3 aromatic rings. The monoisotopic (exact) mass is 322 g/mol. The molecule has 2 heterocycles. The van der Waals surface area contributed by atoms with E-state index in [1.54, 1.807) is 12.3 Å². The molecule has 1 saturated carbocycles. The molecule has 0 aliphatic heterocycles. The quantitative estimate of drug-likeness (QED) is 0.774. The Bertz CT molecular complexity index is 824. The molecular weight excluding hydrogens is 303 g/mol. The van der Waals surface area contributed by atoms with Gasteiger partial charge < -0.3 is 5.32 Å². The molecule has 0 bridgehead atoms. The highest BCUT2D eigenvalue weighted by Gasteiger charge is 2.41. The lowest BCUT2D eigenvalue weighted by atomic mass is 9.66. The third kappa shape index (κ3) is 2.66. The van der Waals surface area contributed by atoms with Gasteiger partial charge in [-0.2, -0.15) is 5.10 Å². The molecular formula is C19H19FN4. The first-order valence-corrected chi connectivity index (χ1v) is 8.23. The number of nitrogens with zero attached hydrogens (tertiary/aromatic N) is 3. The predicted molar refractivity (Wildman–Crippen MR) is 91.8 cm³/mol. The number of benzene rings is 1. The lowest BCUT2D eigenvalue weighted by Gasteiger charge is -2.41. The van der Waals surface area contributed by atoms with E-state index in [2.05, 4.69) is 15.4 Å². The smallest absolute Gasteiger partial charge is 0.148 e. The van der Waals surface area contributed by atoms with Crippen LogP contribution in [0.4, 0.5) is 10.2 Å². The number of rotatable bonds is 5. The van der Waals surface area contributed by atoms with Crippen LogP contribution in [0.3, 0.4) is 0 Å². The van der Waals surface area contributed by atoms with Gasteiger partial charge in [0.15, 0.2) is 0 Å². The maximum atomic E-state index is 14.1. The molecule has 0 atom stereocenters. The van der Waals surface area contributed by atoms with Gasteiger partial charge in [-0.15, -0.1) is 0 Å². The Hall–Kier alpha value is -2.69. The van der Waals surface area contributed by atoms with Crippen LogP contribution in [0.25, 0.3) is 5.69 Å². The number of nitrogens with one attached hydrogen (secondary N) is 1. The zero-order valence-corrected chi connectivity index (χ0v) is 13.3. The first-order chi connectivity index (χ1) is 11.8. The summed E-state index contributed by atoms with van der Waals surface area (Å²) in [4.78, 5) is 4.30. The third-order valence-electron chi connectivity index (χ3n) is 4.79. The number of anilines is 1. The van der Waals surface area contributed by atoms with Crippen LogP contribution in [0.2, 0.25) is 0 Å². The minimum Gasteiger partial charge on any atom is -0.368 e. The first kappa shape index (κ1) is 14.9. The third-order valence-corrected chi connectivity index (χ3v) is 4.79. The van der Waals surface area contributed by atoms with Gasteiger partial charge >= 0.3 is 0 Å². The maximum Gasteiger partial charge on any atom is 0.148 e. The first-order valence-electron chi connectivity index (χ1n) is 8.23. The van der Waals surface area contributed by atoms with Crippen LogP contribution >= 0.6 is 0 Å². The molecule has 1 N–H and O–H groups in total. The fraction of sp³-hybridized carbons (Fsp3) is 0.263. The maximum absolute atomic E-state index is 14.1. The molecule has 0 saturated heterocycles. The summed E-state index contributed by atoms with van der Waals surface area (Å²) >= 11 is 0. The zero-order valence-electron chi connectivity index (χ0n) is 13.3. The van der Waals surface area contributed by atoms with Crippen molar-refractivity contribution in [3.8, 4) is 5.69 Å². The van der Waals surface area contributed by atoms with E-state index in [9.17, 15) is 4.39 Å². The van der Waals surface area contributed by atoms with E-state index in [4.69, 9.17) is 0 Å². The van der Waals surface area contributed by atoms with Crippen molar-refractivity contribution in [3.05, 3.63) is 72.4 Å². The summed E-state index contributed by atoms with van der Waals surface area (Å²) in [5.41, 5.74) is 1.37. The second-order valence-corrected chi connectivity index (χ2v) is 6.30. The Kier molecular flexibility index (Phi) is 3.76. The molecule has 1 fully saturated rings. The fourth-order valence-corrected chi connectivity index (χ4v) is 3.28. The SMILES string of the molecule is Fc1cccnc1C1(CNc2ccn(-c3ccccc3)n2)CCC1. The molecule has 0 radical (unpaired) electrons. The number of hydrogen-bond acceptors (Lipinski definition) is 3. The van der Waals surface area contributed by atoms with Gasteiger partial charge in [-0.1, -0.05) is 24.6 Å². The van der Waals surface area contributed by atoms with Crippen molar-refractivity contribution in [1.29, 1.82) is 0 Å². The van der Waals surface area contributed by atoms with Gasteiger partial charge in [0, 0.05) is 30.4 Å². The van der Waals surface area contributed by atoms with Crippen LogP contribution < -0.4 is 5.32 Å². The van der Waals surface area contributed by atoms with Crippen LogP contribution in [-0.4, -0.2) is 21.3 Å². The molecule has 24 heavy (non-hydrogen) atoms. The summed E-state index contributed by atoms with van der Waals surface area (Å²) in [6, 6.07) is 15.0. The highest BCUT2D eigenvalue weighted by molar-refractivity contribution is 5.39. The van der Waals surface area contributed by atoms with Gasteiger partial charge in [0.2, 0.25) is 0 Å². The van der Waals surface area contributed by atoms with E-state index in [0.29, 0.717) is 12.2 Å². The van der Waals surface area contributed by atoms with Crippen LogP contribution in [0.15, 0.2) is 60.9 Å². The second-order valence-electron chi connectivity index (χ2n) is 6.30. The van der Waals surface area contributed by atoms with Crippen LogP contribution in [0.5, 0.6) is 0 Å². The predicted octanol–water partition coefficient (Wildman–Crippen LogP) is 3.94. The van der Waals surface area contributed by atoms with Crippen LogP contribution in [0.1, 0.15) is 25.0 Å². The molecule has 4 rings (SSSR count). The van der Waals surface area contributed by atoms with Crippen molar-refractivity contribution in [1.82, 2.24) is 14.8 Å². The van der Waals surface area contributed by atoms with Crippen molar-refractivity contribution in [2.45, 2.75) is 24.7 Å². The summed E-state index contributed by atoms with van der Waals surface area (Å²) in [5.74, 6) is 0.579. The second kappa shape index (κ2) is 6.07. The topological polar surface area (TPSA) is 42.7 Å². The van der Waals surface area contributed by atoms with Gasteiger partial charge in [-0.3, -0.25) is 4.98 Å². The summed E-state index contributed by atoms with van der Waals surface area (Å²) < 4.78 is 16.0. The Morgan fingerprint density at radius 2 is 1.92 bits per heavy atom. The van der Waals surface area contributed by atoms with E-state index in [1.807, 2.05) is 47.3 Å². The van der Waals surface area contributed by atoms with Crippen molar-refractivity contribution < 1.29 is 4.39 Å². The van der Waals surface area contributed by atoms with E-state index < -0.39 is 0 Å². The highest BCUT2D eigenvalue weighted by atomic mass is 19.1. The Morgan fingerprint density at radius 1 is 1.08 bits per heavy atom. The summed E-state index contributed by atoms with van der Waals surface area (Å²) in [7, 11) is 0. The standard InChI is InChI=1S/C19H19FN4/c20-16-8-4-12-21-18(16)19(10-5-11-19)14-22-17-9-13-24(23-17)15-6-2-1-3-7-15/h1-4,6-9,12-13H,5,10-11,14H2,(H,22,23). The summed E-state index contributed by atoms with van der Waals surface area (Å²) in [6.45, 7) is 0.646. The van der Waals surface area contributed by atoms with Gasteiger partial charge in [-0.25, -0.2) is 9.07 Å². The van der Waals surface area contributed by atoms with Crippen molar-refractivity contribution >= 4 is 5.82 Å². The molecule has 1 aromatic carbocycles. The minimum atomic E-state index is -0.220. The number of hydrogen-bond donors (Lipinski definition) is 1. The number of pyridine rings is 1. The van der Waals surface area contributed by atoms with Gasteiger partial charge in [0.05, 0.1) is 11.4 Å². The summed E-state index contributed by atoms with van der Waals surface area (Å²) in [6.07, 6.45) is 6.60. The number of para-hydroxylation sites is 1. The lowest BCUT2D eigenvalue weighted by molar-refractivity contribution is 0.243. The molecule has 2 aromatic heterocycles. The van der Waals surface area contributed by atoms with E-state index in [-0.39, 0.29) is 11.2 Å². The zero-order chi connectivity index (χ0) is 16.4. The normalized spacial score (nSPS) is 15.7. The minimum absolute atomic E-state index is 0.214. The average molecular weight is 322 g/mol.